The zero-order valence-corrected chi connectivity index (χ0v) is 17.3. The fraction of sp³-hybridized carbons (Fsp3) is 0.217. The standard InChI is InChI=1S/C23H21N3O5/c1-14-19(15(2)31-26-14)13-29-21-11-7-5-9-18(21)23(28)30-16(3)22(27)25-20-10-6-4-8-17(20)12-24/h4-11,16H,13H2,1-3H3,(H,25,27)/t16-/m0/s1. The van der Waals surface area contributed by atoms with E-state index >= 15 is 0 Å². The summed E-state index contributed by atoms with van der Waals surface area (Å²) in [6, 6.07) is 15.2. The summed E-state index contributed by atoms with van der Waals surface area (Å²) in [5, 5.41) is 15.6. The summed E-state index contributed by atoms with van der Waals surface area (Å²) in [4.78, 5) is 25.1. The van der Waals surface area contributed by atoms with Crippen LogP contribution in [0.15, 0.2) is 53.1 Å². The van der Waals surface area contributed by atoms with E-state index in [0.717, 1.165) is 5.56 Å². The number of nitriles is 1. The number of hydrogen-bond acceptors (Lipinski definition) is 7. The number of nitrogens with zero attached hydrogens (tertiary/aromatic N) is 2. The van der Waals surface area contributed by atoms with E-state index in [4.69, 9.17) is 19.3 Å². The van der Waals surface area contributed by atoms with Crippen molar-refractivity contribution < 1.29 is 23.6 Å². The van der Waals surface area contributed by atoms with Gasteiger partial charge in [-0.2, -0.15) is 5.26 Å². The maximum Gasteiger partial charge on any atom is 0.342 e. The van der Waals surface area contributed by atoms with Crippen molar-refractivity contribution in [2.24, 2.45) is 0 Å². The van der Waals surface area contributed by atoms with Gasteiger partial charge in [-0.1, -0.05) is 29.4 Å². The summed E-state index contributed by atoms with van der Waals surface area (Å²) in [6.07, 6.45) is -1.09. The Balaban J connectivity index is 1.67. The number of benzene rings is 2. The summed E-state index contributed by atoms with van der Waals surface area (Å²) in [6.45, 7) is 5.21. The van der Waals surface area contributed by atoms with Crippen molar-refractivity contribution in [3.05, 3.63) is 76.7 Å². The minimum absolute atomic E-state index is 0.173. The maximum atomic E-state index is 12.7. The van der Waals surface area contributed by atoms with Gasteiger partial charge in [0.2, 0.25) is 0 Å². The monoisotopic (exact) mass is 419 g/mol. The number of ether oxygens (including phenoxy) is 2. The van der Waals surface area contributed by atoms with E-state index in [2.05, 4.69) is 10.5 Å². The Morgan fingerprint density at radius 1 is 1.16 bits per heavy atom. The van der Waals surface area contributed by atoms with Crippen LogP contribution < -0.4 is 10.1 Å². The van der Waals surface area contributed by atoms with E-state index in [1.807, 2.05) is 6.07 Å². The van der Waals surface area contributed by atoms with Crippen molar-refractivity contribution in [3.63, 3.8) is 0 Å². The molecular formula is C23H21N3O5. The molecule has 2 aromatic carbocycles. The lowest BCUT2D eigenvalue weighted by Crippen LogP contribution is -2.30. The number of esters is 1. The second-order valence-corrected chi connectivity index (χ2v) is 6.78. The van der Waals surface area contributed by atoms with E-state index in [9.17, 15) is 9.59 Å². The highest BCUT2D eigenvalue weighted by Crippen LogP contribution is 2.23. The summed E-state index contributed by atoms with van der Waals surface area (Å²) in [5.74, 6) is -0.300. The van der Waals surface area contributed by atoms with Crippen LogP contribution in [0.1, 0.15) is 39.9 Å². The van der Waals surface area contributed by atoms with Gasteiger partial charge in [-0.15, -0.1) is 0 Å². The molecular weight excluding hydrogens is 398 g/mol. The molecule has 1 N–H and O–H groups in total. The molecule has 0 saturated carbocycles. The molecule has 8 heteroatoms. The number of rotatable bonds is 7. The molecule has 0 radical (unpaired) electrons. The van der Waals surface area contributed by atoms with Crippen LogP contribution in [-0.4, -0.2) is 23.1 Å². The molecule has 0 spiro atoms. The van der Waals surface area contributed by atoms with Crippen molar-refractivity contribution in [1.82, 2.24) is 5.16 Å². The highest BCUT2D eigenvalue weighted by Gasteiger charge is 2.22. The van der Waals surface area contributed by atoms with Crippen molar-refractivity contribution >= 4 is 17.6 Å². The fourth-order valence-corrected chi connectivity index (χ4v) is 2.82. The van der Waals surface area contributed by atoms with Gasteiger partial charge in [-0.25, -0.2) is 4.79 Å². The molecule has 1 heterocycles. The highest BCUT2D eigenvalue weighted by molar-refractivity contribution is 5.98. The topological polar surface area (TPSA) is 114 Å². The smallest absolute Gasteiger partial charge is 0.342 e. The van der Waals surface area contributed by atoms with E-state index in [1.165, 1.54) is 6.92 Å². The first-order valence-corrected chi connectivity index (χ1v) is 9.55. The van der Waals surface area contributed by atoms with Gasteiger partial charge >= 0.3 is 5.97 Å². The predicted molar refractivity (Wildman–Crippen MR) is 111 cm³/mol. The number of hydrogen-bond donors (Lipinski definition) is 1. The Morgan fingerprint density at radius 3 is 2.58 bits per heavy atom. The van der Waals surface area contributed by atoms with Crippen molar-refractivity contribution in [2.75, 3.05) is 5.32 Å². The molecule has 0 saturated heterocycles. The van der Waals surface area contributed by atoms with Gasteiger partial charge in [0, 0.05) is 0 Å². The van der Waals surface area contributed by atoms with Crippen LogP contribution in [0.4, 0.5) is 5.69 Å². The van der Waals surface area contributed by atoms with E-state index in [1.54, 1.807) is 62.4 Å². The minimum Gasteiger partial charge on any atom is -0.488 e. The van der Waals surface area contributed by atoms with Gasteiger partial charge in [0.25, 0.3) is 5.91 Å². The third-order valence-corrected chi connectivity index (χ3v) is 4.62. The Hall–Kier alpha value is -4.12. The number of anilines is 1. The molecule has 158 valence electrons. The number of carbonyl (C=O) groups excluding carboxylic acids is 2. The zero-order valence-electron chi connectivity index (χ0n) is 17.3. The SMILES string of the molecule is Cc1noc(C)c1COc1ccccc1C(=O)O[C@@H](C)C(=O)Nc1ccccc1C#N. The Bertz CT molecular complexity index is 1130. The van der Waals surface area contributed by atoms with Crippen molar-refractivity contribution in [2.45, 2.75) is 33.5 Å². The third kappa shape index (κ3) is 5.08. The number of carbonyl (C=O) groups is 2. The van der Waals surface area contributed by atoms with Crippen LogP contribution >= 0.6 is 0 Å². The summed E-state index contributed by atoms with van der Waals surface area (Å²) in [5.41, 5.74) is 2.35. The van der Waals surface area contributed by atoms with Crippen LogP contribution in [0.5, 0.6) is 5.75 Å². The third-order valence-electron chi connectivity index (χ3n) is 4.62. The van der Waals surface area contributed by atoms with Crippen LogP contribution in [0, 0.1) is 25.2 Å². The van der Waals surface area contributed by atoms with Gasteiger partial charge in [-0.05, 0) is 45.0 Å². The first-order valence-electron chi connectivity index (χ1n) is 9.55. The zero-order chi connectivity index (χ0) is 22.4. The Morgan fingerprint density at radius 2 is 1.87 bits per heavy atom. The molecule has 1 amide bonds. The first kappa shape index (κ1) is 21.6. The van der Waals surface area contributed by atoms with Crippen molar-refractivity contribution in [3.8, 4) is 11.8 Å². The second-order valence-electron chi connectivity index (χ2n) is 6.78. The molecule has 0 unspecified atom stereocenters. The highest BCUT2D eigenvalue weighted by atomic mass is 16.5. The average molecular weight is 419 g/mol. The molecule has 3 rings (SSSR count). The fourth-order valence-electron chi connectivity index (χ4n) is 2.82. The summed E-state index contributed by atoms with van der Waals surface area (Å²) in [7, 11) is 0. The van der Waals surface area contributed by atoms with Crippen LogP contribution in [0.2, 0.25) is 0 Å². The number of nitrogens with one attached hydrogen (secondary N) is 1. The lowest BCUT2D eigenvalue weighted by molar-refractivity contribution is -0.123. The molecule has 0 aliphatic carbocycles. The van der Waals surface area contributed by atoms with Gasteiger partial charge in [-0.3, -0.25) is 4.79 Å². The van der Waals surface area contributed by atoms with E-state index in [0.29, 0.717) is 28.5 Å². The first-order chi connectivity index (χ1) is 14.9. The largest absolute Gasteiger partial charge is 0.488 e. The lowest BCUT2D eigenvalue weighted by atomic mass is 10.2. The molecule has 8 nitrogen and oxygen atoms in total. The van der Waals surface area contributed by atoms with Crippen LogP contribution in [0.3, 0.4) is 0 Å². The van der Waals surface area contributed by atoms with E-state index in [-0.39, 0.29) is 12.2 Å². The quantitative estimate of drug-likeness (QED) is 0.577. The van der Waals surface area contributed by atoms with Crippen LogP contribution in [0.25, 0.3) is 0 Å². The number of aryl methyl sites for hydroxylation is 2. The molecule has 3 aromatic rings. The summed E-state index contributed by atoms with van der Waals surface area (Å²) >= 11 is 0. The Kier molecular flexibility index (Phi) is 6.67. The van der Waals surface area contributed by atoms with Gasteiger partial charge in [0.1, 0.15) is 29.7 Å². The molecule has 0 aliphatic rings. The van der Waals surface area contributed by atoms with Gasteiger partial charge in [0.05, 0.1) is 22.5 Å². The van der Waals surface area contributed by atoms with E-state index < -0.39 is 18.0 Å². The molecule has 1 aromatic heterocycles. The molecule has 31 heavy (non-hydrogen) atoms. The van der Waals surface area contributed by atoms with Crippen LogP contribution in [-0.2, 0) is 16.1 Å². The predicted octanol–water partition coefficient (Wildman–Crippen LogP) is 3.93. The number of amides is 1. The van der Waals surface area contributed by atoms with Gasteiger partial charge in [0.15, 0.2) is 6.10 Å². The maximum absolute atomic E-state index is 12.7. The lowest BCUT2D eigenvalue weighted by Gasteiger charge is -2.16. The van der Waals surface area contributed by atoms with Gasteiger partial charge < -0.3 is 19.3 Å². The molecule has 0 aliphatic heterocycles. The summed E-state index contributed by atoms with van der Waals surface area (Å²) < 4.78 is 16.2. The Labute approximate surface area is 179 Å². The average Bonchev–Trinajstić information content (AvgIpc) is 3.09. The number of aromatic nitrogens is 1. The molecule has 0 bridgehead atoms. The molecule has 1 atom stereocenters. The molecule has 0 fully saturated rings. The number of para-hydroxylation sites is 2. The normalized spacial score (nSPS) is 11.3. The second kappa shape index (κ2) is 9.59. The van der Waals surface area contributed by atoms with Crippen molar-refractivity contribution in [1.29, 1.82) is 5.26 Å². The minimum atomic E-state index is -1.09.